The molecular formula is C25H33NO3. The Morgan fingerprint density at radius 3 is 1.79 bits per heavy atom. The minimum Gasteiger partial charge on any atom is -0.481 e. The molecule has 0 aliphatic heterocycles. The Bertz CT molecular complexity index is 725. The molecule has 1 amide bonds. The lowest BCUT2D eigenvalue weighted by atomic mass is 10.0. The maximum absolute atomic E-state index is 11.8. The van der Waals surface area contributed by atoms with Gasteiger partial charge in [-0.2, -0.15) is 0 Å². The molecule has 2 aromatic rings. The Morgan fingerprint density at radius 2 is 1.21 bits per heavy atom. The standard InChI is InChI=1S/C25H33NO3/c27-24(26-20-8-13-25(28)29)19-18-23-16-14-22(15-17-23)12-5-2-1-4-9-21-10-6-3-7-11-21/h3,6-7,10-11,14-17H,1-2,4-5,8-9,12-13,18-20H2,(H,26,27)(H,28,29). The fraction of sp³-hybridized carbons (Fsp3) is 0.440. The minimum absolute atomic E-state index is 0.0185. The first-order chi connectivity index (χ1) is 14.1. The average molecular weight is 396 g/mol. The van der Waals surface area contributed by atoms with Crippen molar-refractivity contribution in [2.24, 2.45) is 0 Å². The molecule has 29 heavy (non-hydrogen) atoms. The first-order valence-electron chi connectivity index (χ1n) is 10.7. The van der Waals surface area contributed by atoms with Gasteiger partial charge in [-0.1, -0.05) is 67.4 Å². The van der Waals surface area contributed by atoms with E-state index in [-0.39, 0.29) is 12.3 Å². The lowest BCUT2D eigenvalue weighted by Gasteiger charge is -2.06. The van der Waals surface area contributed by atoms with E-state index in [1.54, 1.807) is 0 Å². The molecule has 2 N–H and O–H groups in total. The van der Waals surface area contributed by atoms with Crippen LogP contribution in [0.15, 0.2) is 54.6 Å². The summed E-state index contributed by atoms with van der Waals surface area (Å²) in [4.78, 5) is 22.2. The lowest BCUT2D eigenvalue weighted by molar-refractivity contribution is -0.137. The zero-order valence-electron chi connectivity index (χ0n) is 17.2. The Hall–Kier alpha value is -2.62. The first kappa shape index (κ1) is 22.7. The van der Waals surface area contributed by atoms with Crippen LogP contribution in [0.3, 0.4) is 0 Å². The molecule has 4 nitrogen and oxygen atoms in total. The third-order valence-corrected chi connectivity index (χ3v) is 5.08. The van der Waals surface area contributed by atoms with Crippen molar-refractivity contribution >= 4 is 11.9 Å². The Balaban J connectivity index is 1.53. The third-order valence-electron chi connectivity index (χ3n) is 5.08. The molecule has 0 saturated heterocycles. The molecule has 0 spiro atoms. The van der Waals surface area contributed by atoms with Crippen LogP contribution in [-0.2, 0) is 28.9 Å². The predicted octanol–water partition coefficient (Wildman–Crippen LogP) is 4.95. The molecule has 0 fully saturated rings. The monoisotopic (exact) mass is 395 g/mol. The molecule has 2 rings (SSSR count). The number of carboxylic acid groups (broad SMARTS) is 1. The van der Waals surface area contributed by atoms with Gasteiger partial charge in [-0.15, -0.1) is 0 Å². The molecule has 0 bridgehead atoms. The van der Waals surface area contributed by atoms with Gasteiger partial charge in [0.25, 0.3) is 0 Å². The van der Waals surface area contributed by atoms with Gasteiger partial charge in [0, 0.05) is 19.4 Å². The van der Waals surface area contributed by atoms with Crippen molar-refractivity contribution in [1.29, 1.82) is 0 Å². The maximum Gasteiger partial charge on any atom is 0.303 e. The van der Waals surface area contributed by atoms with Gasteiger partial charge in [0.05, 0.1) is 0 Å². The summed E-state index contributed by atoms with van der Waals surface area (Å²) in [7, 11) is 0. The molecule has 0 aliphatic rings. The average Bonchev–Trinajstić information content (AvgIpc) is 2.73. The summed E-state index contributed by atoms with van der Waals surface area (Å²) in [6.07, 6.45) is 8.99. The zero-order chi connectivity index (χ0) is 20.7. The van der Waals surface area contributed by atoms with E-state index < -0.39 is 5.97 Å². The number of hydrogen-bond donors (Lipinski definition) is 2. The van der Waals surface area contributed by atoms with Gasteiger partial charge in [0.15, 0.2) is 0 Å². The van der Waals surface area contributed by atoms with E-state index in [1.807, 2.05) is 0 Å². The fourth-order valence-corrected chi connectivity index (χ4v) is 3.34. The van der Waals surface area contributed by atoms with Crippen molar-refractivity contribution in [3.63, 3.8) is 0 Å². The summed E-state index contributed by atoms with van der Waals surface area (Å²) in [5.74, 6) is -0.846. The van der Waals surface area contributed by atoms with Crippen molar-refractivity contribution in [3.8, 4) is 0 Å². The van der Waals surface area contributed by atoms with Crippen molar-refractivity contribution in [3.05, 3.63) is 71.3 Å². The summed E-state index contributed by atoms with van der Waals surface area (Å²) in [6, 6.07) is 19.2. The highest BCUT2D eigenvalue weighted by Crippen LogP contribution is 2.12. The normalized spacial score (nSPS) is 10.6. The number of unbranched alkanes of at least 4 members (excludes halogenated alkanes) is 3. The molecule has 0 radical (unpaired) electrons. The number of carbonyl (C=O) groups is 2. The molecular weight excluding hydrogens is 362 g/mol. The number of aryl methyl sites for hydroxylation is 3. The number of aliphatic carboxylic acids is 1. The topological polar surface area (TPSA) is 66.4 Å². The van der Waals surface area contributed by atoms with Gasteiger partial charge in [0.1, 0.15) is 0 Å². The van der Waals surface area contributed by atoms with Crippen molar-refractivity contribution in [1.82, 2.24) is 5.32 Å². The molecule has 0 unspecified atom stereocenters. The second kappa shape index (κ2) is 13.5. The SMILES string of the molecule is O=C(O)CCCNC(=O)CCc1ccc(CCCCCCc2ccccc2)cc1. The summed E-state index contributed by atoms with van der Waals surface area (Å²) >= 11 is 0. The Morgan fingerprint density at radius 1 is 0.655 bits per heavy atom. The molecule has 0 aliphatic carbocycles. The van der Waals surface area contributed by atoms with Crippen LogP contribution in [0.2, 0.25) is 0 Å². The number of nitrogens with one attached hydrogen (secondary N) is 1. The number of benzene rings is 2. The molecule has 0 saturated carbocycles. The molecule has 4 heteroatoms. The lowest BCUT2D eigenvalue weighted by Crippen LogP contribution is -2.25. The third kappa shape index (κ3) is 10.5. The van der Waals surface area contributed by atoms with Crippen LogP contribution in [0.1, 0.15) is 61.6 Å². The van der Waals surface area contributed by atoms with E-state index in [4.69, 9.17) is 5.11 Å². The summed E-state index contributed by atoms with van der Waals surface area (Å²) in [5.41, 5.74) is 3.95. The van der Waals surface area contributed by atoms with Gasteiger partial charge < -0.3 is 10.4 Å². The largest absolute Gasteiger partial charge is 0.481 e. The molecule has 0 aromatic heterocycles. The number of carbonyl (C=O) groups excluding carboxylic acids is 1. The van der Waals surface area contributed by atoms with E-state index in [9.17, 15) is 9.59 Å². The second-order valence-electron chi connectivity index (χ2n) is 7.56. The smallest absolute Gasteiger partial charge is 0.303 e. The highest BCUT2D eigenvalue weighted by Gasteiger charge is 2.03. The number of hydrogen-bond acceptors (Lipinski definition) is 2. The zero-order valence-corrected chi connectivity index (χ0v) is 17.2. The van der Waals surface area contributed by atoms with Crippen LogP contribution in [-0.4, -0.2) is 23.5 Å². The van der Waals surface area contributed by atoms with Gasteiger partial charge in [-0.25, -0.2) is 0 Å². The van der Waals surface area contributed by atoms with E-state index >= 15 is 0 Å². The summed E-state index contributed by atoms with van der Waals surface area (Å²) in [6.45, 7) is 0.426. The molecule has 156 valence electrons. The van der Waals surface area contributed by atoms with Gasteiger partial charge >= 0.3 is 5.97 Å². The van der Waals surface area contributed by atoms with Crippen LogP contribution in [0, 0.1) is 0 Å². The van der Waals surface area contributed by atoms with Crippen LogP contribution in [0.25, 0.3) is 0 Å². The highest BCUT2D eigenvalue weighted by molar-refractivity contribution is 5.76. The number of rotatable bonds is 14. The van der Waals surface area contributed by atoms with Crippen molar-refractivity contribution in [2.45, 2.75) is 64.2 Å². The molecule has 0 heterocycles. The molecule has 2 aromatic carbocycles. The number of amides is 1. The van der Waals surface area contributed by atoms with Crippen LogP contribution in [0.5, 0.6) is 0 Å². The van der Waals surface area contributed by atoms with Gasteiger partial charge in [-0.05, 0) is 55.2 Å². The minimum atomic E-state index is -0.827. The van der Waals surface area contributed by atoms with E-state index in [0.29, 0.717) is 25.8 Å². The Labute approximate surface area is 174 Å². The van der Waals surface area contributed by atoms with Gasteiger partial charge in [-0.3, -0.25) is 9.59 Å². The molecule has 0 atom stereocenters. The Kier molecular flexibility index (Phi) is 10.6. The van der Waals surface area contributed by atoms with E-state index in [1.165, 1.54) is 43.2 Å². The highest BCUT2D eigenvalue weighted by atomic mass is 16.4. The van der Waals surface area contributed by atoms with E-state index in [0.717, 1.165) is 12.0 Å². The predicted molar refractivity (Wildman–Crippen MR) is 117 cm³/mol. The summed E-state index contributed by atoms with van der Waals surface area (Å²) < 4.78 is 0. The van der Waals surface area contributed by atoms with E-state index in [2.05, 4.69) is 59.9 Å². The maximum atomic E-state index is 11.8. The van der Waals surface area contributed by atoms with Crippen molar-refractivity contribution < 1.29 is 14.7 Å². The van der Waals surface area contributed by atoms with Crippen molar-refractivity contribution in [2.75, 3.05) is 6.54 Å². The van der Waals surface area contributed by atoms with Crippen LogP contribution in [0.4, 0.5) is 0 Å². The number of carboxylic acids is 1. The quantitative estimate of drug-likeness (QED) is 0.445. The summed E-state index contributed by atoms with van der Waals surface area (Å²) in [5, 5.41) is 11.3. The first-order valence-corrected chi connectivity index (χ1v) is 10.7. The van der Waals surface area contributed by atoms with Gasteiger partial charge in [0.2, 0.25) is 5.91 Å². The second-order valence-corrected chi connectivity index (χ2v) is 7.56. The van der Waals surface area contributed by atoms with Crippen LogP contribution < -0.4 is 5.32 Å². The van der Waals surface area contributed by atoms with Crippen LogP contribution >= 0.6 is 0 Å². The fourth-order valence-electron chi connectivity index (χ4n) is 3.34.